The van der Waals surface area contributed by atoms with Crippen LogP contribution in [-0.4, -0.2) is 95.0 Å². The van der Waals surface area contributed by atoms with Crippen molar-refractivity contribution in [3.63, 3.8) is 0 Å². The smallest absolute Gasteiger partial charge is 0.351 e. The van der Waals surface area contributed by atoms with Gasteiger partial charge in [-0.3, -0.25) is 19.1 Å². The molecule has 1 saturated heterocycles. The maximum atomic E-state index is 13.3. The molecule has 0 aliphatic carbocycles. The van der Waals surface area contributed by atoms with Crippen molar-refractivity contribution in [3.05, 3.63) is 39.6 Å². The highest BCUT2D eigenvalue weighted by molar-refractivity contribution is 8.00. The number of carboxylic acid groups (broad SMARTS) is 2. The number of fused-ring (bicyclic) bond motifs is 2. The van der Waals surface area contributed by atoms with E-state index in [4.69, 9.17) is 38.7 Å². The van der Waals surface area contributed by atoms with E-state index in [2.05, 4.69) is 20.4 Å². The second-order valence-corrected chi connectivity index (χ2v) is 13.2. The maximum absolute atomic E-state index is 13.3. The molecule has 21 heteroatoms. The third-order valence-electron chi connectivity index (χ3n) is 7.35. The first-order chi connectivity index (χ1) is 22.3. The SMILES string of the molecule is C[C@H](O/N=C(\C(=O)NC1C(=O)N2C(C(=O)[O-])=C(C[n+]3cccc4c3nc(N)n4CC[C@H](N)CO)CSC12)c1nc(N)sc1Cl)C(=O)O. The van der Waals surface area contributed by atoms with E-state index in [1.54, 1.807) is 27.5 Å². The van der Waals surface area contributed by atoms with E-state index in [9.17, 15) is 29.4 Å². The molecule has 2 aliphatic rings. The Morgan fingerprint density at radius 2 is 2.09 bits per heavy atom. The van der Waals surface area contributed by atoms with Crippen LogP contribution >= 0.6 is 34.7 Å². The van der Waals surface area contributed by atoms with Gasteiger partial charge in [0.1, 0.15) is 33.5 Å². The van der Waals surface area contributed by atoms with E-state index in [-0.39, 0.29) is 45.7 Å². The number of carboxylic acids is 2. The molecule has 1 fully saturated rings. The summed E-state index contributed by atoms with van der Waals surface area (Å²) in [4.78, 5) is 64.6. The minimum Gasteiger partial charge on any atom is -0.543 e. The number of aliphatic hydroxyl groups is 1. The first kappa shape index (κ1) is 33.9. The van der Waals surface area contributed by atoms with Crippen molar-refractivity contribution in [1.29, 1.82) is 0 Å². The number of thioether (sulfide) groups is 1. The molecule has 0 bridgehead atoms. The quantitative estimate of drug-likeness (QED) is 0.0468. The summed E-state index contributed by atoms with van der Waals surface area (Å²) in [6.07, 6.45) is 0.705. The van der Waals surface area contributed by atoms with Crippen LogP contribution in [0.2, 0.25) is 4.34 Å². The molecule has 2 aliphatic heterocycles. The second-order valence-electron chi connectivity index (χ2n) is 10.5. The average Bonchev–Trinajstić information content (AvgIpc) is 3.54. The molecule has 2 unspecified atom stereocenters. The van der Waals surface area contributed by atoms with E-state index in [0.717, 1.165) is 16.2 Å². The van der Waals surface area contributed by atoms with E-state index >= 15 is 0 Å². The van der Waals surface area contributed by atoms with Gasteiger partial charge in [0, 0.05) is 23.9 Å². The molecule has 0 saturated carbocycles. The summed E-state index contributed by atoms with van der Waals surface area (Å²) in [6, 6.07) is 1.91. The summed E-state index contributed by atoms with van der Waals surface area (Å²) in [5.41, 5.74) is 18.1. The van der Waals surface area contributed by atoms with Crippen LogP contribution in [-0.2, 0) is 37.1 Å². The normalized spacial score (nSPS) is 19.3. The number of pyridine rings is 1. The summed E-state index contributed by atoms with van der Waals surface area (Å²) < 4.78 is 3.41. The number of imidazole rings is 1. The van der Waals surface area contributed by atoms with Gasteiger partial charge in [0.15, 0.2) is 10.8 Å². The lowest BCUT2D eigenvalue weighted by atomic mass is 10.0. The molecule has 4 atom stereocenters. The lowest BCUT2D eigenvalue weighted by Crippen LogP contribution is -2.71. The van der Waals surface area contributed by atoms with Crippen LogP contribution in [0.3, 0.4) is 0 Å². The number of aryl methyl sites for hydroxylation is 1. The van der Waals surface area contributed by atoms with Crippen LogP contribution in [0.15, 0.2) is 34.8 Å². The maximum Gasteiger partial charge on any atom is 0.351 e. The average molecular weight is 709 g/mol. The number of carbonyl (C=O) groups is 4. The van der Waals surface area contributed by atoms with Crippen LogP contribution < -0.4 is 32.2 Å². The van der Waals surface area contributed by atoms with Crippen LogP contribution in [0.25, 0.3) is 11.2 Å². The second kappa shape index (κ2) is 13.7. The standard InChI is InChI=1S/C26H29ClN10O8S2/c1-10(23(41)42)45-34-15(14-18(27)47-26(30)32-14)20(39)31-16-21(40)37-17(24(43)44)11(9-46-22(16)37)7-35-5-2-3-13-19(35)33-25(29)36(13)6-4-12(28)8-38/h2-3,5,10,12,16,22,29,38H,4,6-9,28H2,1H3,(H5,30,31,32,39,41,42,43,44)/b34-15-/t10-,12-,16?,22?/m0/s1. The van der Waals surface area contributed by atoms with Gasteiger partial charge in [0.2, 0.25) is 6.10 Å². The van der Waals surface area contributed by atoms with Gasteiger partial charge < -0.3 is 47.5 Å². The van der Waals surface area contributed by atoms with E-state index in [0.29, 0.717) is 29.7 Å². The van der Waals surface area contributed by atoms with Crippen LogP contribution in [0.4, 0.5) is 11.1 Å². The Morgan fingerprint density at radius 1 is 1.34 bits per heavy atom. The number of aromatic nitrogens is 4. The number of nitrogens with zero attached hydrogens (tertiary/aromatic N) is 6. The minimum absolute atomic E-state index is 0.00399. The van der Waals surface area contributed by atoms with Gasteiger partial charge in [0.05, 0.1) is 24.5 Å². The fraction of sp³-hybridized carbons (Fsp3) is 0.385. The highest BCUT2D eigenvalue weighted by Crippen LogP contribution is 2.40. The molecule has 3 aromatic rings. The van der Waals surface area contributed by atoms with Crippen LogP contribution in [0.1, 0.15) is 19.0 Å². The zero-order chi connectivity index (χ0) is 34.2. The number of aliphatic hydroxyl groups excluding tert-OH is 1. The molecule has 47 heavy (non-hydrogen) atoms. The van der Waals surface area contributed by atoms with Crippen molar-refractivity contribution in [2.45, 2.75) is 50.0 Å². The number of oxime groups is 1. The molecule has 0 radical (unpaired) electrons. The molecule has 3 aromatic heterocycles. The number of nitrogen functional groups attached to an aromatic ring is 2. The molecule has 9 N–H and O–H groups in total. The van der Waals surface area contributed by atoms with Crippen molar-refractivity contribution < 1.29 is 43.9 Å². The van der Waals surface area contributed by atoms with Crippen molar-refractivity contribution in [2.75, 3.05) is 23.8 Å². The van der Waals surface area contributed by atoms with Crippen LogP contribution in [0, 0.1) is 0 Å². The molecular formula is C26H29ClN10O8S2. The monoisotopic (exact) mass is 708 g/mol. The predicted molar refractivity (Wildman–Crippen MR) is 167 cm³/mol. The van der Waals surface area contributed by atoms with Crippen LogP contribution in [0.5, 0.6) is 0 Å². The zero-order valence-electron chi connectivity index (χ0n) is 24.5. The molecule has 250 valence electrons. The number of nitrogens with one attached hydrogen (secondary N) is 1. The fourth-order valence-corrected chi connectivity index (χ4v) is 7.21. The Balaban J connectivity index is 1.38. The summed E-state index contributed by atoms with van der Waals surface area (Å²) in [6.45, 7) is 1.43. The number of thiazole rings is 1. The van der Waals surface area contributed by atoms with Gasteiger partial charge in [-0.1, -0.05) is 28.1 Å². The molecule has 0 aromatic carbocycles. The lowest BCUT2D eigenvalue weighted by molar-refractivity contribution is -0.664. The van der Waals surface area contributed by atoms with Crippen molar-refractivity contribution in [2.24, 2.45) is 10.9 Å². The van der Waals surface area contributed by atoms with Gasteiger partial charge in [-0.2, -0.15) is 0 Å². The Kier molecular flexibility index (Phi) is 9.86. The Morgan fingerprint density at radius 3 is 2.72 bits per heavy atom. The van der Waals surface area contributed by atoms with Gasteiger partial charge in [0.25, 0.3) is 11.8 Å². The molecule has 18 nitrogen and oxygen atoms in total. The number of hydrogen-bond acceptors (Lipinski definition) is 15. The molecule has 5 heterocycles. The predicted octanol–water partition coefficient (Wildman–Crippen LogP) is -2.39. The fourth-order valence-electron chi connectivity index (χ4n) is 4.94. The largest absolute Gasteiger partial charge is 0.543 e. The summed E-state index contributed by atoms with van der Waals surface area (Å²) >= 11 is 8.21. The Labute approximate surface area is 278 Å². The van der Waals surface area contributed by atoms with E-state index < -0.39 is 53.0 Å². The minimum atomic E-state index is -1.58. The number of anilines is 2. The van der Waals surface area contributed by atoms with Gasteiger partial charge in [-0.15, -0.1) is 11.8 Å². The summed E-state index contributed by atoms with van der Waals surface area (Å²) in [5.74, 6) is -4.28. The zero-order valence-corrected chi connectivity index (χ0v) is 26.9. The highest BCUT2D eigenvalue weighted by Gasteiger charge is 2.53. The Hall–Kier alpha value is -4.50. The van der Waals surface area contributed by atoms with Crippen molar-refractivity contribution in [1.82, 2.24) is 24.8 Å². The third-order valence-corrected chi connectivity index (χ3v) is 9.77. The number of rotatable bonds is 13. The van der Waals surface area contributed by atoms with E-state index in [1.165, 1.54) is 18.7 Å². The highest BCUT2D eigenvalue weighted by atomic mass is 35.5. The molecule has 2 amide bonds. The number of carbonyl (C=O) groups excluding carboxylic acids is 3. The number of amides is 2. The van der Waals surface area contributed by atoms with Crippen molar-refractivity contribution in [3.8, 4) is 0 Å². The van der Waals surface area contributed by atoms with E-state index in [1.807, 2.05) is 0 Å². The van der Waals surface area contributed by atoms with Gasteiger partial charge >= 0.3 is 17.6 Å². The number of β-lactam (4-membered cyclic amide) rings is 1. The van der Waals surface area contributed by atoms with Gasteiger partial charge in [-0.05, 0) is 30.5 Å². The number of hydrogen-bond donors (Lipinski definition) is 6. The molecule has 5 rings (SSSR count). The topological polar surface area (TPSA) is 281 Å². The number of aliphatic carboxylic acids is 2. The number of nitrogens with two attached hydrogens (primary N) is 3. The Bertz CT molecular complexity index is 1830. The van der Waals surface area contributed by atoms with Gasteiger partial charge in [-0.25, -0.2) is 14.3 Å². The first-order valence-corrected chi connectivity index (χ1v) is 16.1. The van der Waals surface area contributed by atoms with Crippen molar-refractivity contribution >= 4 is 86.4 Å². The third kappa shape index (κ3) is 6.67. The summed E-state index contributed by atoms with van der Waals surface area (Å²) in [7, 11) is 0. The molecule has 0 spiro atoms. The lowest BCUT2D eigenvalue weighted by Gasteiger charge is -2.50. The summed E-state index contributed by atoms with van der Waals surface area (Å²) in [5, 5.41) is 36.1. The molecular weight excluding hydrogens is 680 g/mol. The first-order valence-electron chi connectivity index (χ1n) is 13.9. The number of halogens is 1.